The van der Waals surface area contributed by atoms with Gasteiger partial charge in [-0.1, -0.05) is 27.2 Å². The van der Waals surface area contributed by atoms with Crippen LogP contribution in [0.2, 0.25) is 0 Å². The number of amides is 2. The first-order chi connectivity index (χ1) is 10.4. The number of anilines is 1. The molecule has 0 saturated heterocycles. The van der Waals surface area contributed by atoms with E-state index in [1.54, 1.807) is 11.1 Å². The van der Waals surface area contributed by atoms with Crippen LogP contribution >= 0.6 is 11.3 Å². The smallest absolute Gasteiger partial charge is 0.245 e. The molecule has 2 amide bonds. The van der Waals surface area contributed by atoms with Crippen molar-refractivity contribution < 1.29 is 9.59 Å². The van der Waals surface area contributed by atoms with E-state index in [9.17, 15) is 9.59 Å². The summed E-state index contributed by atoms with van der Waals surface area (Å²) in [4.78, 5) is 31.2. The maximum atomic E-state index is 12.2. The summed E-state index contributed by atoms with van der Waals surface area (Å²) in [7, 11) is 0. The Bertz CT molecular complexity index is 485. The summed E-state index contributed by atoms with van der Waals surface area (Å²) in [5.41, 5.74) is 0. The Morgan fingerprint density at radius 1 is 1.41 bits per heavy atom. The van der Waals surface area contributed by atoms with E-state index in [0.29, 0.717) is 24.0 Å². The number of carbonyl (C=O) groups excluding carboxylic acids is 2. The van der Waals surface area contributed by atoms with Crippen molar-refractivity contribution in [2.45, 2.75) is 53.4 Å². The molecule has 0 bridgehead atoms. The number of nitrogens with zero attached hydrogens (tertiary/aromatic N) is 2. The minimum absolute atomic E-state index is 0.0629. The molecule has 1 rings (SSSR count). The Labute approximate surface area is 137 Å². The van der Waals surface area contributed by atoms with Crippen molar-refractivity contribution >= 4 is 28.3 Å². The van der Waals surface area contributed by atoms with Crippen LogP contribution in [0.25, 0.3) is 0 Å². The third-order valence-electron chi connectivity index (χ3n) is 3.28. The topological polar surface area (TPSA) is 62.3 Å². The van der Waals surface area contributed by atoms with Gasteiger partial charge in [-0.05, 0) is 25.7 Å². The van der Waals surface area contributed by atoms with Gasteiger partial charge < -0.3 is 10.2 Å². The zero-order chi connectivity index (χ0) is 16.5. The summed E-state index contributed by atoms with van der Waals surface area (Å²) in [5, 5.41) is 3.36. The lowest BCUT2D eigenvalue weighted by molar-refractivity contribution is -0.135. The van der Waals surface area contributed by atoms with Crippen LogP contribution in [0.3, 0.4) is 0 Å². The largest absolute Gasteiger partial charge is 0.333 e. The Kier molecular flexibility index (Phi) is 8.09. The molecular formula is C16H27N3O2S. The van der Waals surface area contributed by atoms with Crippen molar-refractivity contribution in [1.82, 2.24) is 9.88 Å². The lowest BCUT2D eigenvalue weighted by Crippen LogP contribution is -2.39. The maximum Gasteiger partial charge on any atom is 0.245 e. The molecule has 0 atom stereocenters. The second-order valence-corrected chi connectivity index (χ2v) is 7.16. The molecule has 6 heteroatoms. The van der Waals surface area contributed by atoms with Gasteiger partial charge in [0.05, 0.1) is 6.54 Å². The van der Waals surface area contributed by atoms with Gasteiger partial charge in [0.25, 0.3) is 0 Å². The van der Waals surface area contributed by atoms with Crippen molar-refractivity contribution in [2.24, 2.45) is 5.92 Å². The Hall–Kier alpha value is -1.43. The highest BCUT2D eigenvalue weighted by Gasteiger charge is 2.17. The number of rotatable bonds is 9. The fraction of sp³-hybridized carbons (Fsp3) is 0.688. The van der Waals surface area contributed by atoms with Crippen LogP contribution in [0.15, 0.2) is 6.20 Å². The van der Waals surface area contributed by atoms with Crippen LogP contribution in [-0.2, 0) is 9.59 Å². The Morgan fingerprint density at radius 3 is 2.68 bits per heavy atom. The molecule has 0 aliphatic rings. The molecule has 0 aromatic carbocycles. The van der Waals surface area contributed by atoms with Crippen molar-refractivity contribution in [3.05, 3.63) is 11.1 Å². The summed E-state index contributed by atoms with van der Waals surface area (Å²) < 4.78 is 0. The standard InChI is InChI=1S/C16H27N3O2S/c1-5-6-7-15(21)19(9-8-12(2)3)11-14(20)18-16-17-10-13(4)22-16/h10,12H,5-9,11H2,1-4H3,(H,17,18,20). The monoisotopic (exact) mass is 325 g/mol. The van der Waals surface area contributed by atoms with Gasteiger partial charge in [0, 0.05) is 24.0 Å². The molecule has 1 N–H and O–H groups in total. The summed E-state index contributed by atoms with van der Waals surface area (Å²) in [6.45, 7) is 8.97. The van der Waals surface area contributed by atoms with Gasteiger partial charge in [-0.15, -0.1) is 11.3 Å². The average Bonchev–Trinajstić information content (AvgIpc) is 2.85. The van der Waals surface area contributed by atoms with E-state index in [1.165, 1.54) is 11.3 Å². The normalized spacial score (nSPS) is 10.8. The van der Waals surface area contributed by atoms with Gasteiger partial charge in [-0.25, -0.2) is 4.98 Å². The lowest BCUT2D eigenvalue weighted by atomic mass is 10.1. The molecule has 0 unspecified atom stereocenters. The second kappa shape index (κ2) is 9.56. The minimum atomic E-state index is -0.178. The van der Waals surface area contributed by atoms with E-state index in [2.05, 4.69) is 31.1 Å². The summed E-state index contributed by atoms with van der Waals surface area (Å²) >= 11 is 1.44. The number of unbranched alkanes of at least 4 members (excludes halogenated alkanes) is 1. The number of hydrogen-bond acceptors (Lipinski definition) is 4. The van der Waals surface area contributed by atoms with Crippen LogP contribution in [-0.4, -0.2) is 34.8 Å². The molecule has 124 valence electrons. The zero-order valence-corrected chi connectivity index (χ0v) is 14.8. The summed E-state index contributed by atoms with van der Waals surface area (Å²) in [6.07, 6.45) is 4.99. The van der Waals surface area contributed by atoms with Gasteiger partial charge in [0.1, 0.15) is 0 Å². The molecule has 0 radical (unpaired) electrons. The van der Waals surface area contributed by atoms with Crippen LogP contribution in [0.4, 0.5) is 5.13 Å². The Morgan fingerprint density at radius 2 is 2.14 bits per heavy atom. The predicted molar refractivity (Wildman–Crippen MR) is 91.0 cm³/mol. The molecule has 0 spiro atoms. The van der Waals surface area contributed by atoms with Crippen LogP contribution in [0, 0.1) is 12.8 Å². The molecule has 22 heavy (non-hydrogen) atoms. The minimum Gasteiger partial charge on any atom is -0.333 e. The van der Waals surface area contributed by atoms with Crippen LogP contribution in [0.5, 0.6) is 0 Å². The summed E-state index contributed by atoms with van der Waals surface area (Å²) in [6, 6.07) is 0. The van der Waals surface area contributed by atoms with Crippen LogP contribution < -0.4 is 5.32 Å². The fourth-order valence-electron chi connectivity index (χ4n) is 1.94. The van der Waals surface area contributed by atoms with Crippen molar-refractivity contribution in [1.29, 1.82) is 0 Å². The number of thiazole rings is 1. The molecular weight excluding hydrogens is 298 g/mol. The highest BCUT2D eigenvalue weighted by atomic mass is 32.1. The molecule has 0 saturated carbocycles. The van der Waals surface area contributed by atoms with E-state index in [4.69, 9.17) is 0 Å². The molecule has 0 fully saturated rings. The first kappa shape index (κ1) is 18.6. The van der Waals surface area contributed by atoms with Crippen molar-refractivity contribution in [3.63, 3.8) is 0 Å². The number of aromatic nitrogens is 1. The van der Waals surface area contributed by atoms with E-state index in [0.717, 1.165) is 24.1 Å². The SMILES string of the molecule is CCCCC(=O)N(CCC(C)C)CC(=O)Nc1ncc(C)s1. The molecule has 5 nitrogen and oxygen atoms in total. The van der Waals surface area contributed by atoms with Gasteiger partial charge in [-0.2, -0.15) is 0 Å². The third-order valence-corrected chi connectivity index (χ3v) is 4.10. The summed E-state index contributed by atoms with van der Waals surface area (Å²) in [5.74, 6) is 0.391. The van der Waals surface area contributed by atoms with E-state index in [1.807, 2.05) is 6.92 Å². The zero-order valence-electron chi connectivity index (χ0n) is 14.0. The van der Waals surface area contributed by atoms with Gasteiger partial charge in [-0.3, -0.25) is 9.59 Å². The van der Waals surface area contributed by atoms with Gasteiger partial charge >= 0.3 is 0 Å². The van der Waals surface area contributed by atoms with Crippen molar-refractivity contribution in [2.75, 3.05) is 18.4 Å². The van der Waals surface area contributed by atoms with Gasteiger partial charge in [0.2, 0.25) is 11.8 Å². The van der Waals surface area contributed by atoms with Gasteiger partial charge in [0.15, 0.2) is 5.13 Å². The third kappa shape index (κ3) is 7.02. The van der Waals surface area contributed by atoms with E-state index < -0.39 is 0 Å². The highest BCUT2D eigenvalue weighted by Crippen LogP contribution is 2.16. The Balaban J connectivity index is 2.57. The van der Waals surface area contributed by atoms with E-state index in [-0.39, 0.29) is 18.4 Å². The molecule has 0 aliphatic carbocycles. The number of hydrogen-bond donors (Lipinski definition) is 1. The molecule has 1 heterocycles. The highest BCUT2D eigenvalue weighted by molar-refractivity contribution is 7.15. The lowest BCUT2D eigenvalue weighted by Gasteiger charge is -2.23. The first-order valence-electron chi connectivity index (χ1n) is 7.92. The average molecular weight is 325 g/mol. The van der Waals surface area contributed by atoms with Crippen LogP contribution in [0.1, 0.15) is 51.3 Å². The maximum absolute atomic E-state index is 12.2. The second-order valence-electron chi connectivity index (χ2n) is 5.93. The molecule has 1 aromatic heterocycles. The number of aryl methyl sites for hydroxylation is 1. The number of nitrogens with one attached hydrogen (secondary N) is 1. The quantitative estimate of drug-likeness (QED) is 0.756. The fourth-order valence-corrected chi connectivity index (χ4v) is 2.62. The van der Waals surface area contributed by atoms with E-state index >= 15 is 0 Å². The number of carbonyl (C=O) groups is 2. The first-order valence-corrected chi connectivity index (χ1v) is 8.74. The molecule has 0 aliphatic heterocycles. The predicted octanol–water partition coefficient (Wildman–Crippen LogP) is 3.45. The molecule has 1 aromatic rings. The van der Waals surface area contributed by atoms with Crippen molar-refractivity contribution in [3.8, 4) is 0 Å².